The highest BCUT2D eigenvalue weighted by Gasteiger charge is 2.05. The van der Waals surface area contributed by atoms with Gasteiger partial charge in [0.2, 0.25) is 0 Å². The van der Waals surface area contributed by atoms with Crippen LogP contribution in [0.3, 0.4) is 0 Å². The molecule has 0 aliphatic carbocycles. The van der Waals surface area contributed by atoms with Crippen molar-refractivity contribution in [3.05, 3.63) is 53.9 Å². The molecule has 0 spiro atoms. The van der Waals surface area contributed by atoms with Gasteiger partial charge in [-0.15, -0.1) is 0 Å². The summed E-state index contributed by atoms with van der Waals surface area (Å²) in [7, 11) is 0. The van der Waals surface area contributed by atoms with E-state index < -0.39 is 0 Å². The molecule has 1 aromatic heterocycles. The number of rotatable bonds is 8. The number of halogens is 1. The smallest absolute Gasteiger partial charge is 0.188 e. The van der Waals surface area contributed by atoms with E-state index in [1.54, 1.807) is 6.33 Å². The SMILES string of the molecule is CC(CCNC(N)=NCCCc1cnc[nH]1)c1ccc(F)cc1. The Labute approximate surface area is 136 Å². The van der Waals surface area contributed by atoms with Crippen LogP contribution in [-0.4, -0.2) is 29.0 Å². The molecular formula is C17H24FN5. The molecule has 0 radical (unpaired) electrons. The van der Waals surface area contributed by atoms with Gasteiger partial charge in [0.15, 0.2) is 5.96 Å². The number of hydrogen-bond donors (Lipinski definition) is 3. The van der Waals surface area contributed by atoms with E-state index in [1.165, 1.54) is 12.1 Å². The zero-order valence-corrected chi connectivity index (χ0v) is 13.4. The summed E-state index contributed by atoms with van der Waals surface area (Å²) in [6, 6.07) is 6.64. The Morgan fingerprint density at radius 2 is 2.17 bits per heavy atom. The minimum absolute atomic E-state index is 0.203. The minimum Gasteiger partial charge on any atom is -0.370 e. The molecule has 124 valence electrons. The third kappa shape index (κ3) is 6.10. The Morgan fingerprint density at radius 3 is 2.87 bits per heavy atom. The van der Waals surface area contributed by atoms with Gasteiger partial charge in [0.25, 0.3) is 0 Å². The average Bonchev–Trinajstić information content (AvgIpc) is 3.05. The van der Waals surface area contributed by atoms with Gasteiger partial charge in [-0.2, -0.15) is 0 Å². The van der Waals surface area contributed by atoms with Gasteiger partial charge in [-0.25, -0.2) is 9.37 Å². The number of imidazole rings is 1. The highest BCUT2D eigenvalue weighted by Crippen LogP contribution is 2.18. The molecule has 6 heteroatoms. The highest BCUT2D eigenvalue weighted by atomic mass is 19.1. The van der Waals surface area contributed by atoms with Gasteiger partial charge in [-0.3, -0.25) is 4.99 Å². The van der Waals surface area contributed by atoms with Gasteiger partial charge in [0.05, 0.1) is 6.33 Å². The predicted molar refractivity (Wildman–Crippen MR) is 90.8 cm³/mol. The van der Waals surface area contributed by atoms with Crippen LogP contribution in [0.1, 0.15) is 36.9 Å². The number of guanidine groups is 1. The Hall–Kier alpha value is -2.37. The fraction of sp³-hybridized carbons (Fsp3) is 0.412. The van der Waals surface area contributed by atoms with Crippen LogP contribution in [0.25, 0.3) is 0 Å². The van der Waals surface area contributed by atoms with Crippen LogP contribution in [0, 0.1) is 5.82 Å². The fourth-order valence-electron chi connectivity index (χ4n) is 2.32. The highest BCUT2D eigenvalue weighted by molar-refractivity contribution is 5.77. The molecule has 0 saturated carbocycles. The number of hydrogen-bond acceptors (Lipinski definition) is 2. The van der Waals surface area contributed by atoms with E-state index in [4.69, 9.17) is 5.73 Å². The van der Waals surface area contributed by atoms with Gasteiger partial charge >= 0.3 is 0 Å². The molecule has 0 fully saturated rings. The molecule has 0 saturated heterocycles. The van der Waals surface area contributed by atoms with E-state index >= 15 is 0 Å². The zero-order chi connectivity index (χ0) is 16.5. The predicted octanol–water partition coefficient (Wildman–Crippen LogP) is 2.58. The summed E-state index contributed by atoms with van der Waals surface area (Å²) in [4.78, 5) is 11.3. The van der Waals surface area contributed by atoms with Crippen LogP contribution in [0.5, 0.6) is 0 Å². The Morgan fingerprint density at radius 1 is 1.39 bits per heavy atom. The first-order valence-corrected chi connectivity index (χ1v) is 7.91. The van der Waals surface area contributed by atoms with Gasteiger partial charge in [0, 0.05) is 25.0 Å². The fourth-order valence-corrected chi connectivity index (χ4v) is 2.32. The lowest BCUT2D eigenvalue weighted by atomic mass is 9.98. The maximum Gasteiger partial charge on any atom is 0.188 e. The number of nitrogens with two attached hydrogens (primary N) is 1. The van der Waals surface area contributed by atoms with Crippen LogP contribution < -0.4 is 11.1 Å². The maximum atomic E-state index is 12.9. The number of aryl methyl sites for hydroxylation is 1. The zero-order valence-electron chi connectivity index (χ0n) is 13.4. The molecule has 1 unspecified atom stereocenters. The molecule has 0 bridgehead atoms. The van der Waals surface area contributed by atoms with Gasteiger partial charge in [-0.05, 0) is 42.9 Å². The largest absolute Gasteiger partial charge is 0.370 e. The van der Waals surface area contributed by atoms with Crippen LogP contribution in [0.4, 0.5) is 4.39 Å². The van der Waals surface area contributed by atoms with Gasteiger partial charge in [0.1, 0.15) is 5.82 Å². The van der Waals surface area contributed by atoms with Crippen molar-refractivity contribution in [2.24, 2.45) is 10.7 Å². The molecule has 2 aromatic rings. The third-order valence-corrected chi connectivity index (χ3v) is 3.76. The molecule has 23 heavy (non-hydrogen) atoms. The second-order valence-electron chi connectivity index (χ2n) is 5.62. The van der Waals surface area contributed by atoms with E-state index in [0.717, 1.165) is 37.1 Å². The lowest BCUT2D eigenvalue weighted by molar-refractivity contribution is 0.621. The second kappa shape index (κ2) is 8.92. The van der Waals surface area contributed by atoms with Gasteiger partial charge < -0.3 is 16.0 Å². The van der Waals surface area contributed by atoms with Crippen LogP contribution in [-0.2, 0) is 6.42 Å². The number of aromatic amines is 1. The number of nitrogens with one attached hydrogen (secondary N) is 2. The summed E-state index contributed by atoms with van der Waals surface area (Å²) in [6.45, 7) is 3.55. The van der Waals surface area contributed by atoms with Crippen LogP contribution in [0.2, 0.25) is 0 Å². The first kappa shape index (κ1) is 17.0. The molecule has 1 aromatic carbocycles. The topological polar surface area (TPSA) is 79.1 Å². The summed E-state index contributed by atoms with van der Waals surface area (Å²) in [5.74, 6) is 0.614. The van der Waals surface area contributed by atoms with Crippen molar-refractivity contribution in [3.8, 4) is 0 Å². The molecule has 0 amide bonds. The Kier molecular flexibility index (Phi) is 6.59. The molecule has 4 N–H and O–H groups in total. The summed E-state index contributed by atoms with van der Waals surface area (Å²) in [6.07, 6.45) is 6.25. The van der Waals surface area contributed by atoms with E-state index in [-0.39, 0.29) is 5.82 Å². The molecule has 0 aliphatic heterocycles. The van der Waals surface area contributed by atoms with Crippen molar-refractivity contribution in [2.45, 2.75) is 32.1 Å². The third-order valence-electron chi connectivity index (χ3n) is 3.76. The Balaban J connectivity index is 1.62. The first-order chi connectivity index (χ1) is 11.1. The molecule has 1 atom stereocenters. The van der Waals surface area contributed by atoms with Crippen molar-refractivity contribution in [1.82, 2.24) is 15.3 Å². The van der Waals surface area contributed by atoms with E-state index in [2.05, 4.69) is 27.2 Å². The van der Waals surface area contributed by atoms with E-state index in [1.807, 2.05) is 18.3 Å². The molecular weight excluding hydrogens is 293 g/mol. The van der Waals surface area contributed by atoms with Crippen LogP contribution >= 0.6 is 0 Å². The lowest BCUT2D eigenvalue weighted by Crippen LogP contribution is -2.33. The summed E-state index contributed by atoms with van der Waals surface area (Å²) >= 11 is 0. The summed E-state index contributed by atoms with van der Waals surface area (Å²) < 4.78 is 12.9. The molecule has 0 aliphatic rings. The standard InChI is InChI=1S/C17H24FN5/c1-13(14-4-6-15(18)7-5-14)8-10-22-17(19)21-9-2-3-16-11-20-12-23-16/h4-7,11-13H,2-3,8-10H2,1H3,(H,20,23)(H3,19,21,22). The normalized spacial score (nSPS) is 13.0. The number of aliphatic imine (C=N–C) groups is 1. The number of H-pyrrole nitrogens is 1. The van der Waals surface area contributed by atoms with Crippen molar-refractivity contribution >= 4 is 5.96 Å². The number of nitrogens with zero attached hydrogens (tertiary/aromatic N) is 2. The quantitative estimate of drug-likeness (QED) is 0.398. The van der Waals surface area contributed by atoms with E-state index in [0.29, 0.717) is 18.4 Å². The Bertz CT molecular complexity index is 592. The number of aromatic nitrogens is 2. The first-order valence-electron chi connectivity index (χ1n) is 7.91. The lowest BCUT2D eigenvalue weighted by Gasteiger charge is -2.12. The average molecular weight is 317 g/mol. The van der Waals surface area contributed by atoms with Crippen molar-refractivity contribution in [1.29, 1.82) is 0 Å². The van der Waals surface area contributed by atoms with Crippen molar-refractivity contribution in [2.75, 3.05) is 13.1 Å². The van der Waals surface area contributed by atoms with Crippen LogP contribution in [0.15, 0.2) is 41.8 Å². The van der Waals surface area contributed by atoms with Crippen molar-refractivity contribution in [3.63, 3.8) is 0 Å². The molecule has 5 nitrogen and oxygen atoms in total. The van der Waals surface area contributed by atoms with E-state index in [9.17, 15) is 4.39 Å². The summed E-state index contributed by atoms with van der Waals surface area (Å²) in [5.41, 5.74) is 8.09. The van der Waals surface area contributed by atoms with Crippen molar-refractivity contribution < 1.29 is 4.39 Å². The summed E-state index contributed by atoms with van der Waals surface area (Å²) in [5, 5.41) is 3.12. The molecule has 2 rings (SSSR count). The second-order valence-corrected chi connectivity index (χ2v) is 5.62. The monoisotopic (exact) mass is 317 g/mol. The minimum atomic E-state index is -0.203. The molecule has 1 heterocycles. The maximum absolute atomic E-state index is 12.9. The number of benzene rings is 1. The van der Waals surface area contributed by atoms with Gasteiger partial charge in [-0.1, -0.05) is 19.1 Å².